The summed E-state index contributed by atoms with van der Waals surface area (Å²) in [6.07, 6.45) is 1.22. The third-order valence-electron chi connectivity index (χ3n) is 2.96. The summed E-state index contributed by atoms with van der Waals surface area (Å²) in [5, 5.41) is 0. The number of aliphatic imine (C=N–C) groups is 1. The first-order chi connectivity index (χ1) is 7.74. The number of hydrogen-bond donors (Lipinski definition) is 1. The number of nitrogens with zero attached hydrogens (tertiary/aromatic N) is 2. The first-order valence-corrected chi connectivity index (χ1v) is 7.45. The maximum absolute atomic E-state index is 11.5. The Balaban J connectivity index is 0.00000289. The highest BCUT2D eigenvalue weighted by atomic mass is 127. The lowest BCUT2D eigenvalue weighted by atomic mass is 10.2. The molecule has 6 nitrogen and oxygen atoms in total. The molecule has 1 fully saturated rings. The number of nitrogens with two attached hydrogens (primary N) is 1. The van der Waals surface area contributed by atoms with E-state index in [9.17, 15) is 8.42 Å². The smallest absolute Gasteiger partial charge is 0.191 e. The summed E-state index contributed by atoms with van der Waals surface area (Å²) in [6.45, 7) is 6.15. The molecule has 1 aliphatic rings. The molecular formula is C10H22IN3O3S. The van der Waals surface area contributed by atoms with Crippen LogP contribution in [0.4, 0.5) is 0 Å². The highest BCUT2D eigenvalue weighted by molar-refractivity contribution is 14.0. The summed E-state index contributed by atoms with van der Waals surface area (Å²) in [6, 6.07) is 0. The Morgan fingerprint density at radius 3 is 2.33 bits per heavy atom. The van der Waals surface area contributed by atoms with Crippen LogP contribution in [-0.2, 0) is 14.6 Å². The van der Waals surface area contributed by atoms with E-state index in [1.807, 2.05) is 4.90 Å². The summed E-state index contributed by atoms with van der Waals surface area (Å²) in [7, 11) is -3.13. The fraction of sp³-hybridized carbons (Fsp3) is 0.900. The fourth-order valence-corrected chi connectivity index (χ4v) is 1.58. The van der Waals surface area contributed by atoms with E-state index in [0.29, 0.717) is 32.3 Å². The number of ether oxygens (including phenoxy) is 1. The van der Waals surface area contributed by atoms with Crippen molar-refractivity contribution in [1.82, 2.24) is 4.90 Å². The highest BCUT2D eigenvalue weighted by Gasteiger charge is 2.30. The van der Waals surface area contributed by atoms with Crippen molar-refractivity contribution >= 4 is 39.8 Å². The van der Waals surface area contributed by atoms with Crippen molar-refractivity contribution in [3.8, 4) is 0 Å². The van der Waals surface area contributed by atoms with Crippen LogP contribution in [0.25, 0.3) is 0 Å². The molecule has 0 aromatic rings. The van der Waals surface area contributed by atoms with Crippen molar-refractivity contribution in [1.29, 1.82) is 0 Å². The van der Waals surface area contributed by atoms with E-state index in [2.05, 4.69) is 4.99 Å². The van der Waals surface area contributed by atoms with Gasteiger partial charge in [-0.25, -0.2) is 8.42 Å². The van der Waals surface area contributed by atoms with E-state index in [1.165, 1.54) is 6.26 Å². The number of hydrogen-bond acceptors (Lipinski definition) is 4. The van der Waals surface area contributed by atoms with Crippen LogP contribution in [-0.4, -0.2) is 63.1 Å². The zero-order chi connectivity index (χ0) is 13.1. The van der Waals surface area contributed by atoms with Gasteiger partial charge in [0.1, 0.15) is 0 Å². The lowest BCUT2D eigenvalue weighted by Crippen LogP contribution is -2.45. The lowest BCUT2D eigenvalue weighted by molar-refractivity contribution is 0.0674. The largest absolute Gasteiger partial charge is 0.378 e. The van der Waals surface area contributed by atoms with Crippen LogP contribution < -0.4 is 5.73 Å². The first-order valence-electron chi connectivity index (χ1n) is 5.56. The van der Waals surface area contributed by atoms with E-state index >= 15 is 0 Å². The predicted octanol–water partition coefficient (Wildman–Crippen LogP) is 0.0745. The van der Waals surface area contributed by atoms with Crippen LogP contribution in [0.1, 0.15) is 13.8 Å². The molecule has 0 spiro atoms. The minimum absolute atomic E-state index is 0. The van der Waals surface area contributed by atoms with E-state index in [1.54, 1.807) is 13.8 Å². The highest BCUT2D eigenvalue weighted by Crippen LogP contribution is 2.15. The molecule has 0 unspecified atom stereocenters. The van der Waals surface area contributed by atoms with Gasteiger partial charge in [-0.2, -0.15) is 0 Å². The van der Waals surface area contributed by atoms with Crippen molar-refractivity contribution in [2.75, 3.05) is 39.1 Å². The zero-order valence-electron chi connectivity index (χ0n) is 11.0. The second-order valence-corrected chi connectivity index (χ2v) is 7.46. The third-order valence-corrected chi connectivity index (χ3v) is 5.10. The maximum atomic E-state index is 11.5. The van der Waals surface area contributed by atoms with Gasteiger partial charge in [-0.1, -0.05) is 0 Å². The van der Waals surface area contributed by atoms with E-state index in [0.717, 1.165) is 0 Å². The molecule has 0 atom stereocenters. The van der Waals surface area contributed by atoms with Crippen LogP contribution in [0.5, 0.6) is 0 Å². The molecule has 0 saturated carbocycles. The summed E-state index contributed by atoms with van der Waals surface area (Å²) in [5.74, 6) is 0.394. The SMILES string of the molecule is CC(C)(CN=C(N)N1CCOCC1)S(C)(=O)=O.I. The quantitative estimate of drug-likeness (QED) is 0.418. The molecule has 8 heteroatoms. The average molecular weight is 391 g/mol. The van der Waals surface area contributed by atoms with Crippen molar-refractivity contribution in [3.05, 3.63) is 0 Å². The van der Waals surface area contributed by atoms with Crippen molar-refractivity contribution in [3.63, 3.8) is 0 Å². The van der Waals surface area contributed by atoms with Gasteiger partial charge in [-0.3, -0.25) is 4.99 Å². The normalized spacial score (nSPS) is 18.4. The molecule has 0 bridgehead atoms. The molecular weight excluding hydrogens is 369 g/mol. The topological polar surface area (TPSA) is 85.0 Å². The number of morpholine rings is 1. The second-order valence-electron chi connectivity index (χ2n) is 4.81. The average Bonchev–Trinajstić information content (AvgIpc) is 2.25. The van der Waals surface area contributed by atoms with Gasteiger partial charge in [0.2, 0.25) is 0 Å². The van der Waals surface area contributed by atoms with Crippen molar-refractivity contribution < 1.29 is 13.2 Å². The Morgan fingerprint density at radius 2 is 1.89 bits per heavy atom. The summed E-state index contributed by atoms with van der Waals surface area (Å²) in [5.41, 5.74) is 5.82. The molecule has 1 heterocycles. The molecule has 0 aromatic heterocycles. The van der Waals surface area contributed by atoms with Gasteiger partial charge in [0.25, 0.3) is 0 Å². The minimum Gasteiger partial charge on any atom is -0.378 e. The molecule has 0 amide bonds. The number of sulfone groups is 1. The maximum Gasteiger partial charge on any atom is 0.191 e. The van der Waals surface area contributed by atoms with Crippen LogP contribution in [0, 0.1) is 0 Å². The molecule has 108 valence electrons. The van der Waals surface area contributed by atoms with Crippen molar-refractivity contribution in [2.24, 2.45) is 10.7 Å². The summed E-state index contributed by atoms with van der Waals surface area (Å²) in [4.78, 5) is 6.08. The predicted molar refractivity (Wildman–Crippen MR) is 83.2 cm³/mol. The summed E-state index contributed by atoms with van der Waals surface area (Å²) < 4.78 is 27.3. The molecule has 0 radical (unpaired) electrons. The van der Waals surface area contributed by atoms with Gasteiger partial charge >= 0.3 is 0 Å². The van der Waals surface area contributed by atoms with E-state index in [-0.39, 0.29) is 30.5 Å². The minimum atomic E-state index is -3.13. The van der Waals surface area contributed by atoms with Gasteiger partial charge in [0.05, 0.1) is 24.5 Å². The molecule has 1 rings (SSSR count). The Morgan fingerprint density at radius 1 is 1.39 bits per heavy atom. The summed E-state index contributed by atoms with van der Waals surface area (Å²) >= 11 is 0. The van der Waals surface area contributed by atoms with E-state index < -0.39 is 14.6 Å². The van der Waals surface area contributed by atoms with E-state index in [4.69, 9.17) is 10.5 Å². The van der Waals surface area contributed by atoms with Gasteiger partial charge in [-0.05, 0) is 13.8 Å². The molecule has 18 heavy (non-hydrogen) atoms. The van der Waals surface area contributed by atoms with Crippen LogP contribution >= 0.6 is 24.0 Å². The third kappa shape index (κ3) is 4.88. The van der Waals surface area contributed by atoms with Gasteiger partial charge in [0.15, 0.2) is 15.8 Å². The van der Waals surface area contributed by atoms with Crippen LogP contribution in [0.3, 0.4) is 0 Å². The first kappa shape index (κ1) is 17.9. The van der Waals surface area contributed by atoms with Gasteiger partial charge < -0.3 is 15.4 Å². The zero-order valence-corrected chi connectivity index (χ0v) is 14.2. The molecule has 1 saturated heterocycles. The standard InChI is InChI=1S/C10H21N3O3S.HI/c1-10(2,17(3,14)15)8-12-9(11)13-4-6-16-7-5-13;/h4-8H2,1-3H3,(H2,11,12);1H. The number of rotatable bonds is 3. The Hall–Kier alpha value is -0.0900. The Kier molecular flexibility index (Phi) is 6.86. The monoisotopic (exact) mass is 391 g/mol. The van der Waals surface area contributed by atoms with Gasteiger partial charge in [-0.15, -0.1) is 24.0 Å². The fourth-order valence-electron chi connectivity index (χ4n) is 1.28. The van der Waals surface area contributed by atoms with Crippen LogP contribution in [0.15, 0.2) is 4.99 Å². The second kappa shape index (κ2) is 6.90. The molecule has 2 N–H and O–H groups in total. The van der Waals surface area contributed by atoms with Crippen LogP contribution in [0.2, 0.25) is 0 Å². The molecule has 0 aromatic carbocycles. The lowest BCUT2D eigenvalue weighted by Gasteiger charge is -2.28. The Bertz CT molecular complexity index is 389. The van der Waals surface area contributed by atoms with Crippen molar-refractivity contribution in [2.45, 2.75) is 18.6 Å². The number of halogens is 1. The van der Waals surface area contributed by atoms with Gasteiger partial charge in [0, 0.05) is 19.3 Å². The molecule has 1 aliphatic heterocycles. The Labute approximate surface area is 126 Å². The number of guanidine groups is 1. The molecule has 0 aliphatic carbocycles.